The number of amides is 3. The van der Waals surface area contributed by atoms with Crippen molar-refractivity contribution in [2.75, 3.05) is 20.3 Å². The Morgan fingerprint density at radius 3 is 2.49 bits per heavy atom. The van der Waals surface area contributed by atoms with Crippen molar-refractivity contribution < 1.29 is 48.3 Å². The highest BCUT2D eigenvalue weighted by Crippen LogP contribution is 2.35. The van der Waals surface area contributed by atoms with Crippen LogP contribution in [0.5, 0.6) is 5.75 Å². The second kappa shape index (κ2) is 13.7. The molecule has 14 nitrogen and oxygen atoms in total. The summed E-state index contributed by atoms with van der Waals surface area (Å²) >= 11 is 0. The first-order chi connectivity index (χ1) is 17.9. The number of aromatic amines is 1. The molecule has 1 saturated heterocycles. The summed E-state index contributed by atoms with van der Waals surface area (Å²) in [5.41, 5.74) is 0.876. The highest BCUT2D eigenvalue weighted by Gasteiger charge is 2.34. The molecule has 3 rings (SSSR count). The molecule has 216 valence electrons. The van der Waals surface area contributed by atoms with Gasteiger partial charge in [-0.05, 0) is 43.4 Å². The summed E-state index contributed by atoms with van der Waals surface area (Å²) in [7, 11) is -3.42. The lowest BCUT2D eigenvalue weighted by Gasteiger charge is -2.25. The largest absolute Gasteiger partial charge is 0.496 e. The van der Waals surface area contributed by atoms with Gasteiger partial charge in [0.2, 0.25) is 11.8 Å². The number of rotatable bonds is 13. The molecule has 1 aliphatic heterocycles. The summed E-state index contributed by atoms with van der Waals surface area (Å²) in [6.45, 7) is 3.18. The molecule has 1 fully saturated rings. The zero-order valence-electron chi connectivity index (χ0n) is 21.9. The number of H-pyrrole nitrogens is 1. The quantitative estimate of drug-likeness (QED) is 0.180. The van der Waals surface area contributed by atoms with E-state index in [2.05, 4.69) is 25.5 Å². The average Bonchev–Trinajstić information content (AvgIpc) is 3.46. The average molecular weight is 571 g/mol. The number of fused-ring (bicyclic) bond motifs is 1. The number of carbonyl (C=O) groups excluding carboxylic acids is 4. The fraction of sp³-hybridized carbons (Fsp3) is 0.500. The van der Waals surface area contributed by atoms with Crippen LogP contribution in [-0.2, 0) is 23.5 Å². The number of aromatic nitrogens is 1. The van der Waals surface area contributed by atoms with Crippen molar-refractivity contribution >= 4 is 42.2 Å². The van der Waals surface area contributed by atoms with E-state index in [4.69, 9.17) is 14.5 Å². The first-order valence-electron chi connectivity index (χ1n) is 12.2. The Bertz CT molecular complexity index is 1240. The van der Waals surface area contributed by atoms with Crippen LogP contribution in [0.2, 0.25) is 0 Å². The molecule has 1 aromatic heterocycles. The summed E-state index contributed by atoms with van der Waals surface area (Å²) in [4.78, 5) is 72.1. The molecule has 3 atom stereocenters. The number of ketones is 1. The van der Waals surface area contributed by atoms with Crippen LogP contribution in [-0.4, -0.2) is 76.1 Å². The minimum atomic E-state index is -4.93. The summed E-state index contributed by atoms with van der Waals surface area (Å²) in [5.74, 6) is -2.32. The minimum absolute atomic E-state index is 0. The maximum absolute atomic E-state index is 13.3. The predicted octanol–water partition coefficient (Wildman–Crippen LogP) is 0.186. The van der Waals surface area contributed by atoms with Crippen LogP contribution in [0.3, 0.4) is 0 Å². The lowest BCUT2D eigenvalue weighted by molar-refractivity contribution is -0.131. The second-order valence-electron chi connectivity index (χ2n) is 9.56. The van der Waals surface area contributed by atoms with Crippen molar-refractivity contribution in [3.63, 3.8) is 0 Å². The zero-order chi connectivity index (χ0) is 28.0. The van der Waals surface area contributed by atoms with Gasteiger partial charge in [-0.2, -0.15) is 0 Å². The van der Waals surface area contributed by atoms with Gasteiger partial charge in [0.05, 0.1) is 13.2 Å². The molecular formula is C24H35N4O10P. The van der Waals surface area contributed by atoms with Crippen molar-refractivity contribution in [1.82, 2.24) is 20.9 Å². The Morgan fingerprint density at radius 1 is 1.18 bits per heavy atom. The van der Waals surface area contributed by atoms with E-state index in [0.717, 1.165) is 0 Å². The van der Waals surface area contributed by atoms with E-state index >= 15 is 0 Å². The van der Waals surface area contributed by atoms with Gasteiger partial charge in [0.1, 0.15) is 24.1 Å². The van der Waals surface area contributed by atoms with Gasteiger partial charge < -0.3 is 40.9 Å². The van der Waals surface area contributed by atoms with Crippen molar-refractivity contribution in [1.29, 1.82) is 0 Å². The van der Waals surface area contributed by atoms with Crippen LogP contribution in [0.4, 0.5) is 0 Å². The molecule has 15 heteroatoms. The molecule has 0 bridgehead atoms. The van der Waals surface area contributed by atoms with Crippen LogP contribution >= 0.6 is 7.82 Å². The Morgan fingerprint density at radius 2 is 1.90 bits per heavy atom. The number of hydrogen-bond donors (Lipinski definition) is 6. The van der Waals surface area contributed by atoms with Crippen molar-refractivity contribution in [3.05, 3.63) is 30.0 Å². The van der Waals surface area contributed by atoms with Gasteiger partial charge >= 0.3 is 7.82 Å². The number of nitrogens with one attached hydrogen (secondary N) is 4. The molecule has 1 aromatic carbocycles. The molecule has 1 aliphatic rings. The molecule has 0 radical (unpaired) electrons. The normalized spacial score (nSPS) is 16.8. The van der Waals surface area contributed by atoms with Gasteiger partial charge in [0.25, 0.3) is 5.91 Å². The number of carbonyl (C=O) groups is 4. The third-order valence-corrected chi connectivity index (χ3v) is 6.65. The van der Waals surface area contributed by atoms with Gasteiger partial charge in [-0.1, -0.05) is 19.9 Å². The van der Waals surface area contributed by atoms with E-state index in [9.17, 15) is 23.7 Å². The van der Waals surface area contributed by atoms with E-state index in [0.29, 0.717) is 29.6 Å². The molecule has 2 aromatic rings. The fourth-order valence-corrected chi connectivity index (χ4v) is 4.61. The fourth-order valence-electron chi connectivity index (χ4n) is 4.31. The lowest BCUT2D eigenvalue weighted by atomic mass is 9.95. The number of hydrogen-bond acceptors (Lipinski definition) is 7. The maximum atomic E-state index is 13.3. The number of benzene rings is 1. The smallest absolute Gasteiger partial charge is 0.470 e. The topological polar surface area (TPSA) is 228 Å². The molecule has 0 saturated carbocycles. The lowest BCUT2D eigenvalue weighted by Crippen LogP contribution is -2.53. The van der Waals surface area contributed by atoms with Crippen molar-refractivity contribution in [3.8, 4) is 5.75 Å². The minimum Gasteiger partial charge on any atom is -0.496 e. The highest BCUT2D eigenvalue weighted by atomic mass is 31.2. The van der Waals surface area contributed by atoms with Gasteiger partial charge in [0, 0.05) is 23.4 Å². The maximum Gasteiger partial charge on any atom is 0.470 e. The van der Waals surface area contributed by atoms with E-state index in [1.165, 1.54) is 7.11 Å². The molecular weight excluding hydrogens is 535 g/mol. The molecule has 39 heavy (non-hydrogen) atoms. The highest BCUT2D eigenvalue weighted by molar-refractivity contribution is 7.46. The third kappa shape index (κ3) is 8.87. The molecule has 2 heterocycles. The van der Waals surface area contributed by atoms with Crippen LogP contribution in [0.15, 0.2) is 24.3 Å². The van der Waals surface area contributed by atoms with E-state index in [1.54, 1.807) is 24.3 Å². The molecule has 0 aliphatic carbocycles. The van der Waals surface area contributed by atoms with Crippen LogP contribution in [0.25, 0.3) is 10.9 Å². The van der Waals surface area contributed by atoms with Crippen molar-refractivity contribution in [2.45, 2.75) is 45.2 Å². The predicted molar refractivity (Wildman–Crippen MR) is 140 cm³/mol. The summed E-state index contributed by atoms with van der Waals surface area (Å²) in [6.07, 6.45) is 0.601. The third-order valence-electron chi connectivity index (χ3n) is 6.18. The van der Waals surface area contributed by atoms with Crippen LogP contribution in [0, 0.1) is 11.8 Å². The van der Waals surface area contributed by atoms with Gasteiger partial charge in [-0.3, -0.25) is 23.7 Å². The summed E-state index contributed by atoms with van der Waals surface area (Å²) < 4.78 is 20.7. The van der Waals surface area contributed by atoms with Crippen molar-refractivity contribution in [2.24, 2.45) is 11.8 Å². The SMILES string of the molecule is COc1cccc2[nH]c(C(=O)N[C@@H](CC(C)C)C(=O)N[C@@H](C[C@@H]3CCNC3=O)C(=O)COP(=O)(O)O)cc12.O. The van der Waals surface area contributed by atoms with Gasteiger partial charge in [-0.15, -0.1) is 0 Å². The standard InChI is InChI=1S/C24H33N4O9P.H2O/c1-13(2)9-18(28-24(32)19-11-15-16(26-19)5-4-6-21(15)36-3)23(31)27-17(10-14-7-8-25-22(14)30)20(29)12-37-38(33,34)35;/h4-6,11,13-14,17-18,26H,7-10,12H2,1-3H3,(H,25,30)(H,27,31)(H,28,32)(H2,33,34,35);1H2/t14-,17-,18-;/m0./s1. The Kier molecular flexibility index (Phi) is 11.2. The van der Waals surface area contributed by atoms with E-state index < -0.39 is 50.0 Å². The molecule has 3 amide bonds. The number of Topliss-reactive ketones (excluding diaryl/α,β-unsaturated/α-hetero) is 1. The Labute approximate surface area is 224 Å². The zero-order valence-corrected chi connectivity index (χ0v) is 22.7. The molecule has 8 N–H and O–H groups in total. The second-order valence-corrected chi connectivity index (χ2v) is 10.8. The van der Waals surface area contributed by atoms with Crippen LogP contribution < -0.4 is 20.7 Å². The first-order valence-corrected chi connectivity index (χ1v) is 13.7. The van der Waals surface area contributed by atoms with Gasteiger partial charge in [-0.25, -0.2) is 4.57 Å². The van der Waals surface area contributed by atoms with E-state index in [-0.39, 0.29) is 35.8 Å². The number of phosphoric ester groups is 1. The Hall–Kier alpha value is -3.29. The van der Waals surface area contributed by atoms with Crippen LogP contribution in [0.1, 0.15) is 43.6 Å². The monoisotopic (exact) mass is 570 g/mol. The first kappa shape index (κ1) is 31.9. The molecule has 0 spiro atoms. The summed E-state index contributed by atoms with van der Waals surface area (Å²) in [5, 5.41) is 8.60. The number of methoxy groups -OCH3 is 1. The molecule has 0 unspecified atom stereocenters. The Balaban J connectivity index is 0.00000533. The number of ether oxygens (including phenoxy) is 1. The van der Waals surface area contributed by atoms with E-state index in [1.807, 2.05) is 13.8 Å². The number of phosphoric acid groups is 1. The van der Waals surface area contributed by atoms with Gasteiger partial charge in [0.15, 0.2) is 5.78 Å². The summed E-state index contributed by atoms with van der Waals surface area (Å²) in [6, 6.07) is 4.62.